The first-order valence-electron chi connectivity index (χ1n) is 5.94. The lowest BCUT2D eigenvalue weighted by Crippen LogP contribution is -2.22. The Hall–Kier alpha value is -2.08. The number of carbonyl (C=O) groups excluding carboxylic acids is 1. The molecule has 2 unspecified atom stereocenters. The number of hydrogen-bond acceptors (Lipinski definition) is 6. The Kier molecular flexibility index (Phi) is 2.87. The molecular formula is C13H13NO5. The first-order valence-corrected chi connectivity index (χ1v) is 5.94. The Balaban J connectivity index is 1.96. The summed E-state index contributed by atoms with van der Waals surface area (Å²) in [6.07, 6.45) is -0.0506. The number of phenols is 1. The number of fused-ring (bicyclic) bond motifs is 1. The molecule has 2 heterocycles. The zero-order valence-electron chi connectivity index (χ0n) is 10.3. The van der Waals surface area contributed by atoms with Crippen LogP contribution in [0, 0.1) is 5.92 Å². The molecule has 1 aromatic rings. The molecule has 0 radical (unpaired) electrons. The summed E-state index contributed by atoms with van der Waals surface area (Å²) in [5.41, 5.74) is 1.59. The van der Waals surface area contributed by atoms with E-state index >= 15 is 0 Å². The smallest absolute Gasteiger partial charge is 0.341 e. The number of rotatable bonds is 2. The fraction of sp³-hybridized carbons (Fsp3) is 0.385. The second kappa shape index (κ2) is 4.55. The van der Waals surface area contributed by atoms with Crippen LogP contribution in [0.2, 0.25) is 0 Å². The molecule has 3 rings (SSSR count). The van der Waals surface area contributed by atoms with E-state index in [1.165, 1.54) is 13.2 Å². The van der Waals surface area contributed by atoms with Crippen LogP contribution in [0.25, 0.3) is 0 Å². The number of methoxy groups -OCH3 is 1. The van der Waals surface area contributed by atoms with Crippen molar-refractivity contribution >= 4 is 11.7 Å². The summed E-state index contributed by atoms with van der Waals surface area (Å²) in [6.45, 7) is 1.08. The highest BCUT2D eigenvalue weighted by molar-refractivity contribution is 6.05. The SMILES string of the molecule is COC(=O)c1cc(C2=NOC3COCC23)ccc1O. The first-order chi connectivity index (χ1) is 9.20. The molecule has 0 aromatic heterocycles. The normalized spacial score (nSPS) is 24.6. The summed E-state index contributed by atoms with van der Waals surface area (Å²) in [7, 11) is 1.27. The minimum absolute atomic E-state index is 0.0506. The Bertz CT molecular complexity index is 554. The van der Waals surface area contributed by atoms with Gasteiger partial charge in [-0.15, -0.1) is 0 Å². The summed E-state index contributed by atoms with van der Waals surface area (Å²) >= 11 is 0. The number of aromatic hydroxyl groups is 1. The van der Waals surface area contributed by atoms with Gasteiger partial charge in [0.25, 0.3) is 0 Å². The van der Waals surface area contributed by atoms with Gasteiger partial charge in [-0.25, -0.2) is 4.79 Å². The molecule has 6 heteroatoms. The van der Waals surface area contributed by atoms with Crippen molar-refractivity contribution in [3.8, 4) is 5.75 Å². The van der Waals surface area contributed by atoms with Crippen molar-refractivity contribution in [3.63, 3.8) is 0 Å². The summed E-state index contributed by atoms with van der Waals surface area (Å²) in [5.74, 6) is -0.623. The van der Waals surface area contributed by atoms with Gasteiger partial charge in [0.2, 0.25) is 0 Å². The van der Waals surface area contributed by atoms with Gasteiger partial charge in [0, 0.05) is 5.56 Å². The van der Waals surface area contributed by atoms with Gasteiger partial charge < -0.3 is 19.4 Å². The van der Waals surface area contributed by atoms with Gasteiger partial charge in [0.1, 0.15) is 11.3 Å². The molecule has 0 saturated carbocycles. The molecule has 2 atom stereocenters. The van der Waals surface area contributed by atoms with Gasteiger partial charge in [-0.05, 0) is 18.2 Å². The van der Waals surface area contributed by atoms with Gasteiger partial charge in [0.05, 0.1) is 32.0 Å². The number of nitrogens with zero attached hydrogens (tertiary/aromatic N) is 1. The minimum atomic E-state index is -0.585. The number of ether oxygens (including phenoxy) is 2. The van der Waals surface area contributed by atoms with E-state index in [9.17, 15) is 9.90 Å². The molecule has 0 amide bonds. The highest BCUT2D eigenvalue weighted by atomic mass is 16.7. The molecule has 2 aliphatic rings. The molecular weight excluding hydrogens is 250 g/mol. The summed E-state index contributed by atoms with van der Waals surface area (Å²) in [4.78, 5) is 16.8. The number of phenolic OH excluding ortho intramolecular Hbond substituents is 1. The van der Waals surface area contributed by atoms with Crippen molar-refractivity contribution in [2.45, 2.75) is 6.10 Å². The van der Waals surface area contributed by atoms with Crippen molar-refractivity contribution in [1.82, 2.24) is 0 Å². The predicted molar refractivity (Wildman–Crippen MR) is 65.2 cm³/mol. The van der Waals surface area contributed by atoms with Gasteiger partial charge in [-0.2, -0.15) is 0 Å². The molecule has 0 spiro atoms. The Morgan fingerprint density at radius 1 is 1.47 bits per heavy atom. The molecule has 0 aliphatic carbocycles. The maximum Gasteiger partial charge on any atom is 0.341 e. The van der Waals surface area contributed by atoms with E-state index < -0.39 is 5.97 Å². The summed E-state index contributed by atoms with van der Waals surface area (Å²) < 4.78 is 9.97. The minimum Gasteiger partial charge on any atom is -0.507 e. The lowest BCUT2D eigenvalue weighted by molar-refractivity contribution is 0.0558. The van der Waals surface area contributed by atoms with Crippen LogP contribution in [0.15, 0.2) is 23.4 Å². The van der Waals surface area contributed by atoms with Crippen LogP contribution in [0.4, 0.5) is 0 Å². The number of oxime groups is 1. The lowest BCUT2D eigenvalue weighted by atomic mass is 9.94. The highest BCUT2D eigenvalue weighted by Gasteiger charge is 2.40. The Morgan fingerprint density at radius 2 is 2.32 bits per heavy atom. The highest BCUT2D eigenvalue weighted by Crippen LogP contribution is 2.30. The molecule has 1 aromatic carbocycles. The van der Waals surface area contributed by atoms with Gasteiger partial charge in [0.15, 0.2) is 6.10 Å². The van der Waals surface area contributed by atoms with E-state index in [-0.39, 0.29) is 23.3 Å². The summed E-state index contributed by atoms with van der Waals surface area (Å²) in [5, 5.41) is 13.7. The Morgan fingerprint density at radius 3 is 3.11 bits per heavy atom. The number of carbonyl (C=O) groups is 1. The quantitative estimate of drug-likeness (QED) is 0.803. The fourth-order valence-corrected chi connectivity index (χ4v) is 2.32. The lowest BCUT2D eigenvalue weighted by Gasteiger charge is -2.09. The van der Waals surface area contributed by atoms with Gasteiger partial charge in [-0.3, -0.25) is 0 Å². The largest absolute Gasteiger partial charge is 0.507 e. The van der Waals surface area contributed by atoms with Crippen LogP contribution >= 0.6 is 0 Å². The van der Waals surface area contributed by atoms with Crippen molar-refractivity contribution < 1.29 is 24.2 Å². The van der Waals surface area contributed by atoms with Gasteiger partial charge in [-0.1, -0.05) is 5.16 Å². The molecule has 0 bridgehead atoms. The van der Waals surface area contributed by atoms with E-state index in [1.54, 1.807) is 12.1 Å². The number of hydrogen-bond donors (Lipinski definition) is 1. The third-order valence-corrected chi connectivity index (χ3v) is 3.36. The average Bonchev–Trinajstić information content (AvgIpc) is 3.01. The molecule has 100 valence electrons. The van der Waals surface area contributed by atoms with E-state index in [4.69, 9.17) is 9.57 Å². The predicted octanol–water partition coefficient (Wildman–Crippen LogP) is 0.928. The van der Waals surface area contributed by atoms with Crippen molar-refractivity contribution in [3.05, 3.63) is 29.3 Å². The van der Waals surface area contributed by atoms with Gasteiger partial charge >= 0.3 is 5.97 Å². The Labute approximate surface area is 109 Å². The maximum atomic E-state index is 11.6. The zero-order chi connectivity index (χ0) is 13.4. The first kappa shape index (κ1) is 12.0. The van der Waals surface area contributed by atoms with Crippen LogP contribution in [0.5, 0.6) is 5.75 Å². The van der Waals surface area contributed by atoms with E-state index in [2.05, 4.69) is 9.89 Å². The van der Waals surface area contributed by atoms with Crippen LogP contribution in [0.3, 0.4) is 0 Å². The monoisotopic (exact) mass is 263 g/mol. The van der Waals surface area contributed by atoms with E-state index in [0.29, 0.717) is 13.2 Å². The number of esters is 1. The fourth-order valence-electron chi connectivity index (χ4n) is 2.32. The third-order valence-electron chi connectivity index (χ3n) is 3.36. The number of benzene rings is 1. The van der Waals surface area contributed by atoms with Crippen LogP contribution in [0.1, 0.15) is 15.9 Å². The topological polar surface area (TPSA) is 77.4 Å². The van der Waals surface area contributed by atoms with Crippen molar-refractivity contribution in [1.29, 1.82) is 0 Å². The standard InChI is InChI=1S/C13H13NO5/c1-17-13(16)8-4-7(2-3-10(8)15)12-9-5-18-6-11(9)19-14-12/h2-4,9,11,15H,5-6H2,1H3. The molecule has 1 saturated heterocycles. The zero-order valence-corrected chi connectivity index (χ0v) is 10.3. The van der Waals surface area contributed by atoms with E-state index in [1.807, 2.05) is 0 Å². The molecule has 1 N–H and O–H groups in total. The second-order valence-electron chi connectivity index (χ2n) is 4.49. The second-order valence-corrected chi connectivity index (χ2v) is 4.49. The van der Waals surface area contributed by atoms with Crippen LogP contribution in [-0.4, -0.2) is 43.2 Å². The average molecular weight is 263 g/mol. The van der Waals surface area contributed by atoms with Crippen LogP contribution in [-0.2, 0) is 14.3 Å². The molecule has 2 aliphatic heterocycles. The van der Waals surface area contributed by atoms with Crippen molar-refractivity contribution in [2.75, 3.05) is 20.3 Å². The molecule has 1 fully saturated rings. The van der Waals surface area contributed by atoms with Crippen molar-refractivity contribution in [2.24, 2.45) is 11.1 Å². The third kappa shape index (κ3) is 1.94. The maximum absolute atomic E-state index is 11.6. The molecule has 6 nitrogen and oxygen atoms in total. The molecule has 19 heavy (non-hydrogen) atoms. The van der Waals surface area contributed by atoms with E-state index in [0.717, 1.165) is 11.3 Å². The summed E-state index contributed by atoms with van der Waals surface area (Å²) in [6, 6.07) is 4.71. The van der Waals surface area contributed by atoms with Crippen LogP contribution < -0.4 is 0 Å².